The molecule has 6 nitrogen and oxygen atoms in total. The fourth-order valence-electron chi connectivity index (χ4n) is 2.56. The van der Waals surface area contributed by atoms with Crippen molar-refractivity contribution in [2.75, 3.05) is 10.6 Å². The lowest BCUT2D eigenvalue weighted by atomic mass is 10.1. The third-order valence-electron chi connectivity index (χ3n) is 4.11. The van der Waals surface area contributed by atoms with E-state index in [4.69, 9.17) is 5.11 Å². The number of carbonyl (C=O) groups is 1. The van der Waals surface area contributed by atoms with Crippen LogP contribution in [0.15, 0.2) is 48.5 Å². The Morgan fingerprint density at radius 1 is 0.923 bits per heavy atom. The van der Waals surface area contributed by atoms with Crippen molar-refractivity contribution < 1.29 is 9.90 Å². The number of hydrogen-bond acceptors (Lipinski definition) is 5. The summed E-state index contributed by atoms with van der Waals surface area (Å²) < 4.78 is 0. The lowest BCUT2D eigenvalue weighted by Crippen LogP contribution is -2.03. The van der Waals surface area contributed by atoms with Crippen LogP contribution >= 0.6 is 0 Å². The van der Waals surface area contributed by atoms with Gasteiger partial charge in [0, 0.05) is 17.4 Å². The Morgan fingerprint density at radius 3 is 2.23 bits per heavy atom. The molecule has 0 aliphatic carbocycles. The smallest absolute Gasteiger partial charge is 0.335 e. The fraction of sp³-hybridized carbons (Fsp3) is 0.150. The number of carboxylic acids is 1. The average Bonchev–Trinajstić information content (AvgIpc) is 2.59. The third kappa shape index (κ3) is 3.97. The summed E-state index contributed by atoms with van der Waals surface area (Å²) in [4.78, 5) is 19.8. The topological polar surface area (TPSA) is 87.1 Å². The molecule has 0 atom stereocenters. The van der Waals surface area contributed by atoms with Crippen molar-refractivity contribution in [2.45, 2.75) is 20.8 Å². The van der Waals surface area contributed by atoms with E-state index in [1.807, 2.05) is 25.1 Å². The molecular weight excluding hydrogens is 328 g/mol. The number of benzene rings is 2. The Morgan fingerprint density at radius 2 is 1.58 bits per heavy atom. The molecule has 0 aliphatic rings. The molecule has 2 aromatic carbocycles. The molecule has 0 aliphatic heterocycles. The van der Waals surface area contributed by atoms with Crippen LogP contribution in [0.4, 0.5) is 23.0 Å². The molecule has 1 aromatic heterocycles. The maximum atomic E-state index is 10.9. The minimum atomic E-state index is -0.950. The number of nitrogens with zero attached hydrogens (tertiary/aromatic N) is 2. The zero-order chi connectivity index (χ0) is 18.7. The van der Waals surface area contributed by atoms with E-state index in [0.29, 0.717) is 17.5 Å². The molecule has 1 heterocycles. The highest BCUT2D eigenvalue weighted by atomic mass is 16.4. The highest BCUT2D eigenvalue weighted by molar-refractivity contribution is 5.88. The number of nitrogens with one attached hydrogen (secondary N) is 2. The number of carboxylic acid groups (broad SMARTS) is 1. The van der Waals surface area contributed by atoms with Gasteiger partial charge in [-0.25, -0.2) is 14.8 Å². The average molecular weight is 348 g/mol. The molecule has 132 valence electrons. The van der Waals surface area contributed by atoms with Gasteiger partial charge in [-0.05, 0) is 62.2 Å². The number of rotatable bonds is 5. The van der Waals surface area contributed by atoms with Crippen molar-refractivity contribution in [1.82, 2.24) is 9.97 Å². The molecule has 6 heteroatoms. The minimum Gasteiger partial charge on any atom is -0.478 e. The summed E-state index contributed by atoms with van der Waals surface area (Å²) in [5, 5.41) is 15.5. The van der Waals surface area contributed by atoms with Gasteiger partial charge in [-0.15, -0.1) is 0 Å². The number of aromatic nitrogens is 2. The van der Waals surface area contributed by atoms with Crippen LogP contribution in [0.2, 0.25) is 0 Å². The van der Waals surface area contributed by atoms with Crippen molar-refractivity contribution >= 4 is 29.0 Å². The third-order valence-corrected chi connectivity index (χ3v) is 4.11. The van der Waals surface area contributed by atoms with Crippen molar-refractivity contribution in [3.63, 3.8) is 0 Å². The van der Waals surface area contributed by atoms with E-state index in [1.54, 1.807) is 24.3 Å². The van der Waals surface area contributed by atoms with Gasteiger partial charge in [-0.2, -0.15) is 0 Å². The van der Waals surface area contributed by atoms with Crippen LogP contribution < -0.4 is 10.6 Å². The summed E-state index contributed by atoms with van der Waals surface area (Å²) in [5.74, 6) is 1.00. The van der Waals surface area contributed by atoms with Crippen LogP contribution in [-0.2, 0) is 0 Å². The largest absolute Gasteiger partial charge is 0.478 e. The van der Waals surface area contributed by atoms with E-state index in [0.717, 1.165) is 11.4 Å². The highest BCUT2D eigenvalue weighted by Crippen LogP contribution is 2.24. The first-order chi connectivity index (χ1) is 12.4. The summed E-state index contributed by atoms with van der Waals surface area (Å²) in [6.45, 7) is 5.96. The Hall–Kier alpha value is -3.41. The number of aryl methyl sites for hydroxylation is 2. The second-order valence-electron chi connectivity index (χ2n) is 6.07. The molecule has 0 bridgehead atoms. The Kier molecular flexibility index (Phi) is 4.84. The lowest BCUT2D eigenvalue weighted by Gasteiger charge is -2.13. The molecule has 0 saturated carbocycles. The first-order valence-electron chi connectivity index (χ1n) is 8.21. The van der Waals surface area contributed by atoms with Crippen LogP contribution in [0.25, 0.3) is 0 Å². The van der Waals surface area contributed by atoms with Crippen molar-refractivity contribution in [3.8, 4) is 0 Å². The van der Waals surface area contributed by atoms with Gasteiger partial charge in [-0.3, -0.25) is 0 Å². The van der Waals surface area contributed by atoms with Crippen LogP contribution in [-0.4, -0.2) is 21.0 Å². The van der Waals surface area contributed by atoms with E-state index >= 15 is 0 Å². The molecule has 0 saturated heterocycles. The van der Waals surface area contributed by atoms with Gasteiger partial charge in [0.2, 0.25) is 0 Å². The summed E-state index contributed by atoms with van der Waals surface area (Å²) >= 11 is 0. The molecule has 0 fully saturated rings. The second-order valence-corrected chi connectivity index (χ2v) is 6.07. The number of aromatic carboxylic acids is 1. The quantitative estimate of drug-likeness (QED) is 0.625. The number of anilines is 4. The Bertz CT molecular complexity index is 953. The molecule has 3 aromatic rings. The van der Waals surface area contributed by atoms with E-state index in [9.17, 15) is 4.79 Å². The summed E-state index contributed by atoms with van der Waals surface area (Å²) in [6.07, 6.45) is 0. The first kappa shape index (κ1) is 17.4. The molecule has 0 spiro atoms. The molecule has 3 rings (SSSR count). The second kappa shape index (κ2) is 7.23. The lowest BCUT2D eigenvalue weighted by molar-refractivity contribution is 0.0697. The Labute approximate surface area is 152 Å². The van der Waals surface area contributed by atoms with Gasteiger partial charge < -0.3 is 15.7 Å². The van der Waals surface area contributed by atoms with Crippen LogP contribution in [0.1, 0.15) is 27.3 Å². The zero-order valence-electron chi connectivity index (χ0n) is 14.9. The van der Waals surface area contributed by atoms with Crippen molar-refractivity contribution in [3.05, 3.63) is 71.0 Å². The van der Waals surface area contributed by atoms with E-state index in [2.05, 4.69) is 40.5 Å². The maximum absolute atomic E-state index is 10.9. The Balaban J connectivity index is 1.83. The van der Waals surface area contributed by atoms with E-state index in [-0.39, 0.29) is 5.56 Å². The summed E-state index contributed by atoms with van der Waals surface area (Å²) in [7, 11) is 0. The standard InChI is InChI=1S/C20H20N4O2/c1-12-5-4-6-17(13(12)2)24-19-11-18(21-14(3)22-19)23-16-9-7-15(8-10-16)20(25)26/h4-11H,1-3H3,(H,25,26)(H2,21,22,23,24). The molecule has 0 amide bonds. The van der Waals surface area contributed by atoms with Crippen LogP contribution in [0, 0.1) is 20.8 Å². The van der Waals surface area contributed by atoms with Crippen molar-refractivity contribution in [2.24, 2.45) is 0 Å². The predicted octanol–water partition coefficient (Wildman–Crippen LogP) is 4.59. The fourth-order valence-corrected chi connectivity index (χ4v) is 2.56. The zero-order valence-corrected chi connectivity index (χ0v) is 14.9. The number of hydrogen-bond donors (Lipinski definition) is 3. The molecule has 26 heavy (non-hydrogen) atoms. The van der Waals surface area contributed by atoms with E-state index in [1.165, 1.54) is 11.1 Å². The molecule has 0 unspecified atom stereocenters. The monoisotopic (exact) mass is 348 g/mol. The van der Waals surface area contributed by atoms with Crippen LogP contribution in [0.3, 0.4) is 0 Å². The molecular formula is C20H20N4O2. The van der Waals surface area contributed by atoms with Gasteiger partial charge in [0.05, 0.1) is 5.56 Å². The highest BCUT2D eigenvalue weighted by Gasteiger charge is 2.07. The van der Waals surface area contributed by atoms with Crippen molar-refractivity contribution in [1.29, 1.82) is 0 Å². The van der Waals surface area contributed by atoms with E-state index < -0.39 is 5.97 Å². The van der Waals surface area contributed by atoms with Gasteiger partial charge in [-0.1, -0.05) is 12.1 Å². The predicted molar refractivity (Wildman–Crippen MR) is 103 cm³/mol. The molecule has 3 N–H and O–H groups in total. The normalized spacial score (nSPS) is 10.4. The minimum absolute atomic E-state index is 0.242. The van der Waals surface area contributed by atoms with Crippen LogP contribution in [0.5, 0.6) is 0 Å². The summed E-state index contributed by atoms with van der Waals surface area (Å²) in [5.41, 5.74) is 4.37. The first-order valence-corrected chi connectivity index (χ1v) is 8.21. The SMILES string of the molecule is Cc1nc(Nc2ccc(C(=O)O)cc2)cc(Nc2cccc(C)c2C)n1. The van der Waals surface area contributed by atoms with Gasteiger partial charge in [0.15, 0.2) is 0 Å². The van der Waals surface area contributed by atoms with Gasteiger partial charge in [0.25, 0.3) is 0 Å². The van der Waals surface area contributed by atoms with Gasteiger partial charge in [0.1, 0.15) is 17.5 Å². The summed E-state index contributed by atoms with van der Waals surface area (Å²) in [6, 6.07) is 14.4. The van der Waals surface area contributed by atoms with Gasteiger partial charge >= 0.3 is 5.97 Å². The molecule has 0 radical (unpaired) electrons. The maximum Gasteiger partial charge on any atom is 0.335 e.